The van der Waals surface area contributed by atoms with Crippen LogP contribution in [0, 0.1) is 20.8 Å². The number of aromatic nitrogens is 1. The maximum atomic E-state index is 6.35. The maximum Gasteiger partial charge on any atom is 0.243 e. The Morgan fingerprint density at radius 2 is 1.70 bits per heavy atom. The number of hydrogen-bond donors (Lipinski definition) is 0. The average molecular weight is 415 g/mol. The van der Waals surface area contributed by atoms with Crippen LogP contribution in [0.3, 0.4) is 0 Å². The molecule has 0 saturated heterocycles. The summed E-state index contributed by atoms with van der Waals surface area (Å²) in [5.74, 6) is 1.56. The Morgan fingerprint density at radius 3 is 2.40 bits per heavy atom. The largest absolute Gasteiger partial charge is 0.433 e. The molecule has 0 fully saturated rings. The molecule has 0 unspecified atom stereocenters. The van der Waals surface area contributed by atoms with E-state index in [1.54, 1.807) is 17.5 Å². The van der Waals surface area contributed by atoms with Gasteiger partial charge in [-0.15, -0.1) is 11.3 Å². The normalized spacial score (nSPS) is 13.2. The molecule has 2 aromatic carbocycles. The van der Waals surface area contributed by atoms with E-state index in [9.17, 15) is 0 Å². The fourth-order valence-corrected chi connectivity index (χ4v) is 5.35. The van der Waals surface area contributed by atoms with Gasteiger partial charge in [-0.1, -0.05) is 44.5 Å². The van der Waals surface area contributed by atoms with E-state index in [-0.39, 0.29) is 5.41 Å². The number of thiophene rings is 1. The quantitative estimate of drug-likeness (QED) is 0.277. The van der Waals surface area contributed by atoms with Crippen LogP contribution in [0.4, 0.5) is 16.4 Å². The van der Waals surface area contributed by atoms with Crippen molar-refractivity contribution < 1.29 is 4.74 Å². The second-order valence-corrected chi connectivity index (χ2v) is 10.2. The van der Waals surface area contributed by atoms with Crippen LogP contribution < -0.4 is 9.64 Å². The smallest absolute Gasteiger partial charge is 0.243 e. The van der Waals surface area contributed by atoms with Crippen molar-refractivity contribution >= 4 is 37.8 Å². The lowest BCUT2D eigenvalue weighted by Gasteiger charge is -2.33. The molecule has 0 aliphatic carbocycles. The molecule has 30 heavy (non-hydrogen) atoms. The first-order valence-corrected chi connectivity index (χ1v) is 11.1. The molecule has 4 heteroatoms. The molecule has 0 atom stereocenters. The molecular weight excluding hydrogens is 388 g/mol. The summed E-state index contributed by atoms with van der Waals surface area (Å²) in [6.07, 6.45) is 1.80. The molecule has 0 amide bonds. The number of nitrogens with zero attached hydrogens (tertiary/aromatic N) is 2. The molecule has 1 aliphatic heterocycles. The summed E-state index contributed by atoms with van der Waals surface area (Å²) in [6, 6.07) is 15.3. The first-order valence-electron chi connectivity index (χ1n) is 10.3. The lowest BCUT2D eigenvalue weighted by atomic mass is 9.84. The number of benzene rings is 2. The standard InChI is InChI=1S/C26H26N2OS/c1-15-9-10-21-19(12-15)23-25(30-21)28(20-8-7-11-27-24(20)29-23)22-16(2)13-18(14-17(22)3)26(4,5)6/h7-14H,1-6H3. The van der Waals surface area contributed by atoms with Gasteiger partial charge in [-0.3, -0.25) is 4.90 Å². The van der Waals surface area contributed by atoms with E-state index >= 15 is 0 Å². The topological polar surface area (TPSA) is 25.4 Å². The van der Waals surface area contributed by atoms with Crippen molar-refractivity contribution in [3.63, 3.8) is 0 Å². The Morgan fingerprint density at radius 1 is 0.967 bits per heavy atom. The maximum absolute atomic E-state index is 6.35. The highest BCUT2D eigenvalue weighted by Gasteiger charge is 2.32. The number of pyridine rings is 1. The van der Waals surface area contributed by atoms with Gasteiger partial charge in [-0.25, -0.2) is 4.98 Å². The average Bonchev–Trinajstić information content (AvgIpc) is 3.03. The molecule has 4 aromatic rings. The van der Waals surface area contributed by atoms with E-state index in [2.05, 4.69) is 87.8 Å². The number of hydrogen-bond acceptors (Lipinski definition) is 4. The second-order valence-electron chi connectivity index (χ2n) is 9.21. The van der Waals surface area contributed by atoms with Crippen molar-refractivity contribution in [2.75, 3.05) is 4.90 Å². The summed E-state index contributed by atoms with van der Waals surface area (Å²) in [6.45, 7) is 13.3. The molecular formula is C26H26N2OS. The van der Waals surface area contributed by atoms with Crippen molar-refractivity contribution in [3.8, 4) is 11.6 Å². The minimum atomic E-state index is 0.110. The van der Waals surface area contributed by atoms with Crippen molar-refractivity contribution in [1.82, 2.24) is 4.98 Å². The van der Waals surface area contributed by atoms with E-state index in [4.69, 9.17) is 4.74 Å². The van der Waals surface area contributed by atoms with Crippen molar-refractivity contribution in [1.29, 1.82) is 0 Å². The van der Waals surface area contributed by atoms with Crippen LogP contribution in [0.2, 0.25) is 0 Å². The minimum absolute atomic E-state index is 0.110. The molecule has 0 saturated carbocycles. The highest BCUT2D eigenvalue weighted by Crippen LogP contribution is 2.57. The number of aryl methyl sites for hydroxylation is 3. The zero-order valence-corrected chi connectivity index (χ0v) is 19.1. The minimum Gasteiger partial charge on any atom is -0.433 e. The van der Waals surface area contributed by atoms with Crippen LogP contribution in [-0.4, -0.2) is 4.98 Å². The third kappa shape index (κ3) is 2.90. The lowest BCUT2D eigenvalue weighted by molar-refractivity contribution is 0.464. The van der Waals surface area contributed by atoms with Gasteiger partial charge in [0.15, 0.2) is 5.75 Å². The van der Waals surface area contributed by atoms with Gasteiger partial charge in [0.25, 0.3) is 0 Å². The molecule has 3 nitrogen and oxygen atoms in total. The van der Waals surface area contributed by atoms with E-state index in [1.165, 1.54) is 32.6 Å². The Hall–Kier alpha value is -2.85. The predicted octanol–water partition coefficient (Wildman–Crippen LogP) is 8.09. The first-order chi connectivity index (χ1) is 14.2. The van der Waals surface area contributed by atoms with Crippen molar-refractivity contribution in [2.45, 2.75) is 47.0 Å². The van der Waals surface area contributed by atoms with Gasteiger partial charge in [0.1, 0.15) is 10.7 Å². The van der Waals surface area contributed by atoms with Crippen LogP contribution in [0.15, 0.2) is 48.7 Å². The zero-order chi connectivity index (χ0) is 21.2. The van der Waals surface area contributed by atoms with Gasteiger partial charge in [0.05, 0.1) is 5.69 Å². The molecule has 0 N–H and O–H groups in total. The highest BCUT2D eigenvalue weighted by atomic mass is 32.1. The van der Waals surface area contributed by atoms with Gasteiger partial charge in [-0.2, -0.15) is 0 Å². The van der Waals surface area contributed by atoms with E-state index in [0.717, 1.165) is 21.8 Å². The zero-order valence-electron chi connectivity index (χ0n) is 18.3. The highest BCUT2D eigenvalue weighted by molar-refractivity contribution is 7.23. The molecule has 5 rings (SSSR count). The van der Waals surface area contributed by atoms with Crippen molar-refractivity contribution in [2.24, 2.45) is 0 Å². The van der Waals surface area contributed by atoms with Crippen LogP contribution in [-0.2, 0) is 5.41 Å². The molecule has 0 radical (unpaired) electrons. The Bertz CT molecular complexity index is 1270. The molecule has 152 valence electrons. The van der Waals surface area contributed by atoms with Crippen LogP contribution >= 0.6 is 11.3 Å². The third-order valence-electron chi connectivity index (χ3n) is 5.76. The summed E-state index contributed by atoms with van der Waals surface area (Å²) in [5.41, 5.74) is 7.42. The number of ether oxygens (including phenoxy) is 1. The van der Waals surface area contributed by atoms with Gasteiger partial charge in [0, 0.05) is 16.3 Å². The second kappa shape index (κ2) is 6.58. The lowest BCUT2D eigenvalue weighted by Crippen LogP contribution is -2.18. The summed E-state index contributed by atoms with van der Waals surface area (Å²) in [5, 5.41) is 2.27. The van der Waals surface area contributed by atoms with E-state index in [1.807, 2.05) is 6.07 Å². The summed E-state index contributed by atoms with van der Waals surface area (Å²) >= 11 is 1.78. The van der Waals surface area contributed by atoms with Crippen molar-refractivity contribution in [3.05, 3.63) is 70.9 Å². The molecule has 3 heterocycles. The van der Waals surface area contributed by atoms with Gasteiger partial charge in [-0.05, 0) is 67.1 Å². The fraction of sp³-hybridized carbons (Fsp3) is 0.269. The van der Waals surface area contributed by atoms with Gasteiger partial charge < -0.3 is 4.74 Å². The summed E-state index contributed by atoms with van der Waals surface area (Å²) in [7, 11) is 0. The molecule has 1 aliphatic rings. The fourth-order valence-electron chi connectivity index (χ4n) is 4.22. The van der Waals surface area contributed by atoms with Crippen LogP contribution in [0.1, 0.15) is 43.0 Å². The Labute approximate surface area is 182 Å². The third-order valence-corrected chi connectivity index (χ3v) is 6.89. The molecule has 0 bridgehead atoms. The predicted molar refractivity (Wildman–Crippen MR) is 127 cm³/mol. The van der Waals surface area contributed by atoms with E-state index < -0.39 is 0 Å². The Kier molecular flexibility index (Phi) is 4.19. The monoisotopic (exact) mass is 414 g/mol. The molecule has 0 spiro atoms. The van der Waals surface area contributed by atoms with E-state index in [0.29, 0.717) is 5.88 Å². The van der Waals surface area contributed by atoms with Gasteiger partial charge >= 0.3 is 0 Å². The first kappa shape index (κ1) is 19.1. The summed E-state index contributed by atoms with van der Waals surface area (Å²) in [4.78, 5) is 6.91. The van der Waals surface area contributed by atoms with Crippen LogP contribution in [0.25, 0.3) is 10.1 Å². The number of rotatable bonds is 1. The molecule has 2 aromatic heterocycles. The van der Waals surface area contributed by atoms with Crippen LogP contribution in [0.5, 0.6) is 11.6 Å². The SMILES string of the molecule is Cc1ccc2sc3c(c2c1)Oc1ncccc1N3c1c(C)cc(C(C)(C)C)cc1C. The Balaban J connectivity index is 1.80. The summed E-state index contributed by atoms with van der Waals surface area (Å²) < 4.78 is 7.58. The number of fused-ring (bicyclic) bond motifs is 4. The van der Waals surface area contributed by atoms with Gasteiger partial charge in [0.2, 0.25) is 5.88 Å². The number of anilines is 3.